The second-order valence-electron chi connectivity index (χ2n) is 9.02. The van der Waals surface area contributed by atoms with E-state index in [2.05, 4.69) is 26.0 Å². The Balaban J connectivity index is 1.27. The van der Waals surface area contributed by atoms with Gasteiger partial charge in [0.15, 0.2) is 5.65 Å². The number of nitrogens with two attached hydrogens (primary N) is 1. The Hall–Kier alpha value is -3.34. The maximum atomic E-state index is 13.0. The van der Waals surface area contributed by atoms with Crippen LogP contribution in [0, 0.1) is 0 Å². The lowest BCUT2D eigenvalue weighted by atomic mass is 9.89. The molecule has 4 heterocycles. The summed E-state index contributed by atoms with van der Waals surface area (Å²) in [5.41, 5.74) is 8.89. The third kappa shape index (κ3) is 5.04. The number of fused-ring (bicyclic) bond motifs is 1. The highest BCUT2D eigenvalue weighted by Gasteiger charge is 2.32. The van der Waals surface area contributed by atoms with Gasteiger partial charge in [-0.3, -0.25) is 9.89 Å². The van der Waals surface area contributed by atoms with Gasteiger partial charge in [-0.15, -0.1) is 13.2 Å². The molecule has 0 saturated carbocycles. The smallest absolute Gasteiger partial charge is 0.406 e. The van der Waals surface area contributed by atoms with E-state index in [1.54, 1.807) is 4.90 Å². The van der Waals surface area contributed by atoms with Gasteiger partial charge in [-0.25, -0.2) is 4.98 Å². The topological polar surface area (TPSA) is 106 Å². The van der Waals surface area contributed by atoms with Gasteiger partial charge in [0.05, 0.1) is 11.3 Å². The van der Waals surface area contributed by atoms with Crippen LogP contribution >= 0.6 is 0 Å². The zero-order valence-corrected chi connectivity index (χ0v) is 19.0. The first kappa shape index (κ1) is 23.4. The van der Waals surface area contributed by atoms with Crippen molar-refractivity contribution in [3.63, 3.8) is 0 Å². The number of ether oxygens (including phenoxy) is 2. The van der Waals surface area contributed by atoms with Crippen molar-refractivity contribution in [2.45, 2.75) is 43.9 Å². The first-order valence-electron chi connectivity index (χ1n) is 11.6. The Morgan fingerprint density at radius 1 is 1.11 bits per heavy atom. The number of H-pyrrole nitrogens is 1. The summed E-state index contributed by atoms with van der Waals surface area (Å²) in [6.07, 6.45) is 0.472. The van der Waals surface area contributed by atoms with E-state index >= 15 is 0 Å². The van der Waals surface area contributed by atoms with Crippen LogP contribution in [0.3, 0.4) is 0 Å². The molecular formula is C24H26F3N5O3. The molecule has 0 bridgehead atoms. The molecule has 35 heavy (non-hydrogen) atoms. The van der Waals surface area contributed by atoms with Crippen molar-refractivity contribution >= 4 is 22.6 Å². The number of carbonyl (C=O) groups excluding carboxylic acids is 1. The highest BCUT2D eigenvalue weighted by Crippen LogP contribution is 2.35. The van der Waals surface area contributed by atoms with Crippen LogP contribution < -0.4 is 10.5 Å². The second kappa shape index (κ2) is 9.37. The second-order valence-corrected chi connectivity index (χ2v) is 9.02. The molecule has 5 rings (SSSR count). The molecule has 0 radical (unpaired) electrons. The van der Waals surface area contributed by atoms with Crippen molar-refractivity contribution in [3.05, 3.63) is 47.3 Å². The lowest BCUT2D eigenvalue weighted by Gasteiger charge is -2.32. The molecule has 0 spiro atoms. The normalized spacial score (nSPS) is 18.2. The number of aromatic nitrogens is 3. The molecule has 2 saturated heterocycles. The van der Waals surface area contributed by atoms with E-state index in [9.17, 15) is 18.0 Å². The number of alkyl halides is 3. The molecule has 1 amide bonds. The average molecular weight is 489 g/mol. The number of piperidine rings is 1. The third-order valence-electron chi connectivity index (χ3n) is 6.82. The molecular weight excluding hydrogens is 463 g/mol. The van der Waals surface area contributed by atoms with Crippen LogP contribution in [-0.4, -0.2) is 58.7 Å². The van der Waals surface area contributed by atoms with Crippen molar-refractivity contribution in [2.75, 3.05) is 32.0 Å². The number of rotatable bonds is 4. The molecule has 0 aliphatic carbocycles. The van der Waals surface area contributed by atoms with Crippen LogP contribution in [0.1, 0.15) is 59.1 Å². The molecule has 8 nitrogen and oxygen atoms in total. The quantitative estimate of drug-likeness (QED) is 0.528. The van der Waals surface area contributed by atoms with E-state index in [0.717, 1.165) is 54.9 Å². The van der Waals surface area contributed by atoms with E-state index < -0.39 is 12.1 Å². The van der Waals surface area contributed by atoms with E-state index in [-0.39, 0.29) is 23.1 Å². The molecule has 2 aliphatic rings. The first-order chi connectivity index (χ1) is 16.8. The van der Waals surface area contributed by atoms with E-state index in [1.807, 2.05) is 6.20 Å². The largest absolute Gasteiger partial charge is 0.573 e. The number of likely N-dealkylation sites (tertiary alicyclic amines) is 1. The highest BCUT2D eigenvalue weighted by atomic mass is 19.4. The van der Waals surface area contributed by atoms with Crippen LogP contribution in [0.5, 0.6) is 5.75 Å². The van der Waals surface area contributed by atoms with Gasteiger partial charge in [-0.2, -0.15) is 5.10 Å². The molecule has 3 N–H and O–H groups in total. The van der Waals surface area contributed by atoms with Crippen molar-refractivity contribution in [2.24, 2.45) is 0 Å². The number of nitrogens with zero attached hydrogens (tertiary/aromatic N) is 3. The van der Waals surface area contributed by atoms with Crippen LogP contribution in [0.2, 0.25) is 0 Å². The molecule has 0 unspecified atom stereocenters. The van der Waals surface area contributed by atoms with E-state index in [0.29, 0.717) is 31.8 Å². The molecule has 3 aromatic rings. The van der Waals surface area contributed by atoms with Crippen molar-refractivity contribution < 1.29 is 27.4 Å². The van der Waals surface area contributed by atoms with Crippen LogP contribution in [0.4, 0.5) is 18.9 Å². The van der Waals surface area contributed by atoms with Crippen molar-refractivity contribution in [3.8, 4) is 5.75 Å². The number of halogens is 3. The summed E-state index contributed by atoms with van der Waals surface area (Å²) in [5.74, 6) is -0.167. The number of carbonyl (C=O) groups is 1. The SMILES string of the molecule is Nc1cc(OC(F)(F)F)ccc1C(=O)N1CCC(c2n[nH]c3ncc(C4CCOCC4)cc23)CC1. The maximum absolute atomic E-state index is 13.0. The fourth-order valence-corrected chi connectivity index (χ4v) is 4.96. The van der Waals surface area contributed by atoms with Gasteiger partial charge in [0.25, 0.3) is 5.91 Å². The summed E-state index contributed by atoms with van der Waals surface area (Å²) < 4.78 is 46.7. The van der Waals surface area contributed by atoms with Crippen molar-refractivity contribution in [1.82, 2.24) is 20.1 Å². The van der Waals surface area contributed by atoms with E-state index in [1.165, 1.54) is 11.6 Å². The number of pyridine rings is 1. The summed E-state index contributed by atoms with van der Waals surface area (Å²) in [7, 11) is 0. The number of benzene rings is 1. The molecule has 2 aliphatic heterocycles. The lowest BCUT2D eigenvalue weighted by Crippen LogP contribution is -2.38. The Bertz CT molecular complexity index is 1210. The minimum atomic E-state index is -4.82. The van der Waals surface area contributed by atoms with Gasteiger partial charge in [0, 0.05) is 55.6 Å². The molecule has 11 heteroatoms. The van der Waals surface area contributed by atoms with Gasteiger partial charge < -0.3 is 20.1 Å². The summed E-state index contributed by atoms with van der Waals surface area (Å²) in [6, 6.07) is 5.57. The number of amides is 1. The van der Waals surface area contributed by atoms with Gasteiger partial charge in [-0.05, 0) is 55.4 Å². The first-order valence-corrected chi connectivity index (χ1v) is 11.6. The zero-order valence-electron chi connectivity index (χ0n) is 19.0. The zero-order chi connectivity index (χ0) is 24.6. The average Bonchev–Trinajstić information content (AvgIpc) is 3.27. The summed E-state index contributed by atoms with van der Waals surface area (Å²) in [5, 5.41) is 8.59. The standard InChI is InChI=1S/C24H26F3N5O3/c25-24(26,27)35-17-1-2-18(20(28)12-17)23(33)32-7-3-15(4-8-32)21-19-11-16(13-29-22(19)31-30-21)14-5-9-34-10-6-14/h1-2,11-15H,3-10,28H2,(H,29,30,31). The summed E-state index contributed by atoms with van der Waals surface area (Å²) in [6.45, 7) is 2.50. The predicted molar refractivity (Wildman–Crippen MR) is 122 cm³/mol. The number of nitrogens with one attached hydrogen (secondary N) is 1. The predicted octanol–water partition coefficient (Wildman–Crippen LogP) is 4.35. The minimum Gasteiger partial charge on any atom is -0.406 e. The molecule has 1 aromatic carbocycles. The van der Waals surface area contributed by atoms with E-state index in [4.69, 9.17) is 10.5 Å². The molecule has 2 aromatic heterocycles. The van der Waals surface area contributed by atoms with Crippen molar-refractivity contribution in [1.29, 1.82) is 0 Å². The summed E-state index contributed by atoms with van der Waals surface area (Å²) in [4.78, 5) is 19.2. The minimum absolute atomic E-state index is 0.0520. The highest BCUT2D eigenvalue weighted by molar-refractivity contribution is 5.99. The third-order valence-corrected chi connectivity index (χ3v) is 6.82. The Labute approximate surface area is 199 Å². The fourth-order valence-electron chi connectivity index (χ4n) is 4.96. The number of hydrogen-bond donors (Lipinski definition) is 2. The Morgan fingerprint density at radius 2 is 1.86 bits per heavy atom. The number of nitrogen functional groups attached to an aromatic ring is 1. The number of hydrogen-bond acceptors (Lipinski definition) is 6. The van der Waals surface area contributed by atoms with Gasteiger partial charge in [0.2, 0.25) is 0 Å². The number of anilines is 1. The maximum Gasteiger partial charge on any atom is 0.573 e. The lowest BCUT2D eigenvalue weighted by molar-refractivity contribution is -0.274. The summed E-state index contributed by atoms with van der Waals surface area (Å²) >= 11 is 0. The monoisotopic (exact) mass is 489 g/mol. The van der Waals surface area contributed by atoms with Crippen LogP contribution in [0.25, 0.3) is 11.0 Å². The van der Waals surface area contributed by atoms with Gasteiger partial charge >= 0.3 is 6.36 Å². The Morgan fingerprint density at radius 3 is 2.54 bits per heavy atom. The van der Waals surface area contributed by atoms with Crippen LogP contribution in [-0.2, 0) is 4.74 Å². The molecule has 0 atom stereocenters. The van der Waals surface area contributed by atoms with Gasteiger partial charge in [-0.1, -0.05) is 0 Å². The van der Waals surface area contributed by atoms with Gasteiger partial charge in [0.1, 0.15) is 5.75 Å². The number of aromatic amines is 1. The molecule has 186 valence electrons. The Kier molecular flexibility index (Phi) is 6.26. The molecule has 2 fully saturated rings. The fraction of sp³-hybridized carbons (Fsp3) is 0.458. The van der Waals surface area contributed by atoms with Crippen LogP contribution in [0.15, 0.2) is 30.5 Å².